The summed E-state index contributed by atoms with van der Waals surface area (Å²) in [6, 6.07) is 4.59. The number of nitrogens with zero attached hydrogens (tertiary/aromatic N) is 4. The number of aromatic nitrogens is 3. The second kappa shape index (κ2) is 5.52. The van der Waals surface area contributed by atoms with Crippen LogP contribution in [0.4, 0.5) is 0 Å². The van der Waals surface area contributed by atoms with Crippen molar-refractivity contribution >= 4 is 11.2 Å². The van der Waals surface area contributed by atoms with Crippen LogP contribution in [0.25, 0.3) is 11.2 Å². The van der Waals surface area contributed by atoms with Gasteiger partial charge in [0.15, 0.2) is 5.65 Å². The third kappa shape index (κ3) is 2.44. The van der Waals surface area contributed by atoms with Gasteiger partial charge in [0, 0.05) is 25.7 Å². The highest BCUT2D eigenvalue weighted by atomic mass is 15.2. The van der Waals surface area contributed by atoms with E-state index in [9.17, 15) is 0 Å². The minimum Gasteiger partial charge on any atom is -0.308 e. The van der Waals surface area contributed by atoms with Crippen LogP contribution in [0.15, 0.2) is 18.3 Å². The maximum absolute atomic E-state index is 4.83. The molecule has 0 bridgehead atoms. The topological polar surface area (TPSA) is 34.0 Å². The number of pyridine rings is 1. The van der Waals surface area contributed by atoms with Crippen LogP contribution in [0.1, 0.15) is 39.1 Å². The highest BCUT2D eigenvalue weighted by molar-refractivity contribution is 5.71. The molecule has 3 heterocycles. The van der Waals surface area contributed by atoms with Crippen molar-refractivity contribution in [3.63, 3.8) is 0 Å². The molecule has 0 N–H and O–H groups in total. The second-order valence-electron chi connectivity index (χ2n) is 6.18. The summed E-state index contributed by atoms with van der Waals surface area (Å²) in [6.07, 6.45) is 4.12. The summed E-state index contributed by atoms with van der Waals surface area (Å²) in [7, 11) is 0. The van der Waals surface area contributed by atoms with E-state index in [4.69, 9.17) is 4.98 Å². The molecule has 1 unspecified atom stereocenters. The summed E-state index contributed by atoms with van der Waals surface area (Å²) in [4.78, 5) is 11.9. The van der Waals surface area contributed by atoms with Crippen molar-refractivity contribution in [2.24, 2.45) is 5.92 Å². The number of likely N-dealkylation sites (N-methyl/N-ethyl adjacent to an activating group) is 1. The predicted molar refractivity (Wildman–Crippen MR) is 81.8 cm³/mol. The summed E-state index contributed by atoms with van der Waals surface area (Å²) in [5.41, 5.74) is 2.10. The lowest BCUT2D eigenvalue weighted by atomic mass is 10.1. The lowest BCUT2D eigenvalue weighted by molar-refractivity contribution is 0.340. The molecule has 1 fully saturated rings. The van der Waals surface area contributed by atoms with Gasteiger partial charge in [-0.2, -0.15) is 0 Å². The molecule has 3 rings (SSSR count). The van der Waals surface area contributed by atoms with Crippen LogP contribution in [-0.4, -0.2) is 39.1 Å². The minimum atomic E-state index is 0.531. The Hall–Kier alpha value is -1.42. The monoisotopic (exact) mass is 272 g/mol. The fourth-order valence-electron chi connectivity index (χ4n) is 3.18. The van der Waals surface area contributed by atoms with Gasteiger partial charge in [0.2, 0.25) is 0 Å². The average molecular weight is 272 g/mol. The Morgan fingerprint density at radius 1 is 1.40 bits per heavy atom. The molecule has 1 saturated heterocycles. The summed E-state index contributed by atoms with van der Waals surface area (Å²) < 4.78 is 2.41. The van der Waals surface area contributed by atoms with E-state index in [-0.39, 0.29) is 0 Å². The first-order valence-electron chi connectivity index (χ1n) is 7.73. The molecule has 1 aliphatic heterocycles. The van der Waals surface area contributed by atoms with Crippen molar-refractivity contribution in [3.8, 4) is 0 Å². The molecule has 2 aromatic rings. The Kier molecular flexibility index (Phi) is 3.74. The van der Waals surface area contributed by atoms with Crippen molar-refractivity contribution in [1.29, 1.82) is 0 Å². The molecule has 1 atom stereocenters. The van der Waals surface area contributed by atoms with Gasteiger partial charge in [-0.1, -0.05) is 20.8 Å². The van der Waals surface area contributed by atoms with Crippen molar-refractivity contribution in [3.05, 3.63) is 24.2 Å². The number of fused-ring (bicyclic) bond motifs is 1. The lowest BCUT2D eigenvalue weighted by Gasteiger charge is -2.18. The maximum atomic E-state index is 4.83. The van der Waals surface area contributed by atoms with Crippen LogP contribution in [0.5, 0.6) is 0 Å². The van der Waals surface area contributed by atoms with E-state index in [2.05, 4.69) is 41.3 Å². The Morgan fingerprint density at radius 2 is 2.25 bits per heavy atom. The predicted octanol–water partition coefficient (Wildman–Crippen LogP) is 2.90. The average Bonchev–Trinajstić information content (AvgIpc) is 3.00. The fourth-order valence-corrected chi connectivity index (χ4v) is 3.18. The van der Waals surface area contributed by atoms with E-state index in [1.807, 2.05) is 12.3 Å². The van der Waals surface area contributed by atoms with E-state index in [0.29, 0.717) is 12.0 Å². The quantitative estimate of drug-likeness (QED) is 0.858. The summed E-state index contributed by atoms with van der Waals surface area (Å²) in [5, 5.41) is 0. The highest BCUT2D eigenvalue weighted by Crippen LogP contribution is 2.28. The van der Waals surface area contributed by atoms with Gasteiger partial charge in [0.25, 0.3) is 0 Å². The standard InChI is InChI=1S/C16H24N4/c1-4-19-9-7-13(11-19)20-15(10-12(2)3)18-14-6-5-8-17-16(14)20/h5-6,8,12-13H,4,7,9-11H2,1-3H3. The van der Waals surface area contributed by atoms with Gasteiger partial charge in [0.1, 0.15) is 11.3 Å². The van der Waals surface area contributed by atoms with Crippen LogP contribution < -0.4 is 0 Å². The Morgan fingerprint density at radius 3 is 2.95 bits per heavy atom. The summed E-state index contributed by atoms with van der Waals surface area (Å²) >= 11 is 0. The number of hydrogen-bond donors (Lipinski definition) is 0. The van der Waals surface area contributed by atoms with Gasteiger partial charge in [-0.25, -0.2) is 9.97 Å². The summed E-state index contributed by atoms with van der Waals surface area (Å²) in [5.74, 6) is 1.82. The normalized spacial score (nSPS) is 20.3. The molecular weight excluding hydrogens is 248 g/mol. The van der Waals surface area contributed by atoms with Crippen molar-refractivity contribution in [2.45, 2.75) is 39.7 Å². The fraction of sp³-hybridized carbons (Fsp3) is 0.625. The Balaban J connectivity index is 2.02. The Labute approximate surface area is 120 Å². The van der Waals surface area contributed by atoms with Gasteiger partial charge >= 0.3 is 0 Å². The number of imidazole rings is 1. The number of hydrogen-bond acceptors (Lipinski definition) is 3. The van der Waals surface area contributed by atoms with Crippen molar-refractivity contribution in [2.75, 3.05) is 19.6 Å². The lowest BCUT2D eigenvalue weighted by Crippen LogP contribution is -2.22. The third-order valence-corrected chi connectivity index (χ3v) is 4.17. The zero-order valence-corrected chi connectivity index (χ0v) is 12.7. The zero-order chi connectivity index (χ0) is 14.1. The molecule has 0 saturated carbocycles. The largest absolute Gasteiger partial charge is 0.308 e. The molecule has 0 aromatic carbocycles. The molecule has 4 nitrogen and oxygen atoms in total. The van der Waals surface area contributed by atoms with Crippen LogP contribution in [0.2, 0.25) is 0 Å². The third-order valence-electron chi connectivity index (χ3n) is 4.17. The highest BCUT2D eigenvalue weighted by Gasteiger charge is 2.27. The van der Waals surface area contributed by atoms with E-state index in [0.717, 1.165) is 30.7 Å². The molecule has 20 heavy (non-hydrogen) atoms. The molecular formula is C16H24N4. The smallest absolute Gasteiger partial charge is 0.160 e. The number of rotatable bonds is 4. The zero-order valence-electron chi connectivity index (χ0n) is 12.7. The first kappa shape index (κ1) is 13.6. The maximum Gasteiger partial charge on any atom is 0.160 e. The van der Waals surface area contributed by atoms with Crippen LogP contribution in [0, 0.1) is 5.92 Å². The van der Waals surface area contributed by atoms with Gasteiger partial charge in [0.05, 0.1) is 6.04 Å². The van der Waals surface area contributed by atoms with E-state index < -0.39 is 0 Å². The molecule has 108 valence electrons. The first-order valence-corrected chi connectivity index (χ1v) is 7.73. The van der Waals surface area contributed by atoms with E-state index in [1.165, 1.54) is 18.8 Å². The molecule has 4 heteroatoms. The number of likely N-dealkylation sites (tertiary alicyclic amines) is 1. The molecule has 2 aromatic heterocycles. The molecule has 0 spiro atoms. The van der Waals surface area contributed by atoms with Gasteiger partial charge in [-0.3, -0.25) is 0 Å². The van der Waals surface area contributed by atoms with Crippen LogP contribution in [0.3, 0.4) is 0 Å². The molecule has 0 radical (unpaired) electrons. The molecule has 0 amide bonds. The second-order valence-corrected chi connectivity index (χ2v) is 6.18. The van der Waals surface area contributed by atoms with Gasteiger partial charge < -0.3 is 9.47 Å². The minimum absolute atomic E-state index is 0.531. The van der Waals surface area contributed by atoms with E-state index >= 15 is 0 Å². The van der Waals surface area contributed by atoms with Gasteiger partial charge in [-0.15, -0.1) is 0 Å². The van der Waals surface area contributed by atoms with Crippen LogP contribution in [-0.2, 0) is 6.42 Å². The first-order chi connectivity index (χ1) is 9.69. The van der Waals surface area contributed by atoms with Gasteiger partial charge in [-0.05, 0) is 31.0 Å². The molecule has 0 aliphatic carbocycles. The van der Waals surface area contributed by atoms with E-state index in [1.54, 1.807) is 0 Å². The van der Waals surface area contributed by atoms with Crippen molar-refractivity contribution < 1.29 is 0 Å². The van der Waals surface area contributed by atoms with Crippen LogP contribution >= 0.6 is 0 Å². The Bertz CT molecular complexity index is 587. The summed E-state index contributed by atoms with van der Waals surface area (Å²) in [6.45, 7) is 10.2. The molecule has 1 aliphatic rings. The SMILES string of the molecule is CCN1CCC(n2c(CC(C)C)nc3cccnc32)C1. The van der Waals surface area contributed by atoms with Crippen molar-refractivity contribution in [1.82, 2.24) is 19.4 Å².